The Balaban J connectivity index is 1.21. The Kier molecular flexibility index (Phi) is 7.05. The third-order valence-electron chi connectivity index (χ3n) is 12.6. The molecule has 0 radical (unpaired) electrons. The molecule has 4 aliphatic heterocycles. The number of likely N-dealkylation sites (N-methyl/N-ethyl adjacent to an activating group) is 1. The van der Waals surface area contributed by atoms with Crippen LogP contribution in [0.4, 0.5) is 0 Å². The van der Waals surface area contributed by atoms with E-state index in [1.165, 1.54) is 34.7 Å². The Morgan fingerprint density at radius 2 is 1.75 bits per heavy atom. The molecule has 48 heavy (non-hydrogen) atoms. The minimum absolute atomic E-state index is 0.0756. The predicted octanol–water partition coefficient (Wildman–Crippen LogP) is 5.18. The van der Waals surface area contributed by atoms with Gasteiger partial charge in [-0.3, -0.25) is 14.5 Å². The molecule has 6 aliphatic rings. The molecule has 2 aromatic carbocycles. The van der Waals surface area contributed by atoms with Crippen LogP contribution in [0.5, 0.6) is 5.75 Å². The number of amides is 2. The first-order valence-electron chi connectivity index (χ1n) is 17.9. The number of benzene rings is 2. The molecule has 9 rings (SSSR count). The standard InChI is InChI=1S/C37H45N5O5S/c1-39-21-25-11-15-32(39)42(25)36(44)37-20-30(37)29-19-26(47-2)12-14-27(29)34-33(23-8-4-3-5-9-23)28-13-10-24(18-31(28)41(34)22-37)35(43)38-48(45,46)40-16-6-7-17-40/h10,12-14,18-19,23,25,30,32H,3-9,11,15-17,20-22H2,1-2H3,(H,38,43). The third-order valence-corrected chi connectivity index (χ3v) is 14.0. The summed E-state index contributed by atoms with van der Waals surface area (Å²) in [6, 6.07) is 12.3. The first kappa shape index (κ1) is 30.6. The van der Waals surface area contributed by atoms with E-state index in [0.717, 1.165) is 79.4 Å². The fourth-order valence-corrected chi connectivity index (χ4v) is 11.3. The number of nitrogens with one attached hydrogen (secondary N) is 1. The summed E-state index contributed by atoms with van der Waals surface area (Å²) in [6.07, 6.45) is 10.4. The topological polar surface area (TPSA) is 104 Å². The Bertz CT molecular complexity index is 1940. The van der Waals surface area contributed by atoms with E-state index in [0.29, 0.717) is 31.1 Å². The van der Waals surface area contributed by atoms with Crippen LogP contribution in [0.1, 0.15) is 97.5 Å². The first-order chi connectivity index (χ1) is 23.2. The number of methoxy groups -OCH3 is 1. The van der Waals surface area contributed by atoms with Crippen LogP contribution in [0.15, 0.2) is 36.4 Å². The van der Waals surface area contributed by atoms with E-state index in [4.69, 9.17) is 4.74 Å². The summed E-state index contributed by atoms with van der Waals surface area (Å²) in [6.45, 7) is 2.30. The second-order valence-corrected chi connectivity index (χ2v) is 16.9. The SMILES string of the molecule is COc1ccc2c(c1)C1CC1(C(=O)N1C3CCC1N(C)C3)Cn1c-2c(C2CCCCC2)c2ccc(C(=O)NS(=O)(=O)N3CCCC3)cc21. The van der Waals surface area contributed by atoms with Gasteiger partial charge in [0.2, 0.25) is 5.91 Å². The number of fused-ring (bicyclic) bond motifs is 9. The van der Waals surface area contributed by atoms with Crippen molar-refractivity contribution in [3.05, 3.63) is 53.1 Å². The lowest BCUT2D eigenvalue weighted by molar-refractivity contribution is -0.140. The summed E-state index contributed by atoms with van der Waals surface area (Å²) in [4.78, 5) is 33.0. The largest absolute Gasteiger partial charge is 0.497 e. The van der Waals surface area contributed by atoms with E-state index < -0.39 is 21.5 Å². The van der Waals surface area contributed by atoms with Gasteiger partial charge < -0.3 is 14.2 Å². The number of nitrogens with zero attached hydrogens (tertiary/aromatic N) is 4. The number of hydrogen-bond acceptors (Lipinski definition) is 6. The molecule has 1 aromatic heterocycles. The van der Waals surface area contributed by atoms with Crippen LogP contribution in [0.25, 0.3) is 22.2 Å². The highest BCUT2D eigenvalue weighted by atomic mass is 32.2. The van der Waals surface area contributed by atoms with Crippen molar-refractivity contribution in [2.75, 3.05) is 33.8 Å². The summed E-state index contributed by atoms with van der Waals surface area (Å²) < 4.78 is 37.9. The average molecular weight is 672 g/mol. The van der Waals surface area contributed by atoms with Gasteiger partial charge in [0.05, 0.1) is 24.4 Å². The lowest BCUT2D eigenvalue weighted by Crippen LogP contribution is -2.44. The predicted molar refractivity (Wildman–Crippen MR) is 183 cm³/mol. The Hall–Kier alpha value is -3.41. The van der Waals surface area contributed by atoms with Crippen molar-refractivity contribution in [3.8, 4) is 17.0 Å². The van der Waals surface area contributed by atoms with Gasteiger partial charge in [-0.05, 0) is 99.4 Å². The van der Waals surface area contributed by atoms with Gasteiger partial charge in [0, 0.05) is 60.2 Å². The van der Waals surface area contributed by atoms with Crippen molar-refractivity contribution < 1.29 is 22.7 Å². The highest BCUT2D eigenvalue weighted by Gasteiger charge is 2.66. The van der Waals surface area contributed by atoms with Crippen LogP contribution in [-0.4, -0.2) is 84.9 Å². The fraction of sp³-hybridized carbons (Fsp3) is 0.568. The van der Waals surface area contributed by atoms with Gasteiger partial charge in [0.15, 0.2) is 0 Å². The molecule has 0 spiro atoms. The van der Waals surface area contributed by atoms with Gasteiger partial charge in [0.1, 0.15) is 5.75 Å². The lowest BCUT2D eigenvalue weighted by Gasteiger charge is -2.29. The molecule has 2 saturated carbocycles. The number of ether oxygens (including phenoxy) is 1. The first-order valence-corrected chi connectivity index (χ1v) is 19.3. The number of rotatable bonds is 6. The molecule has 2 aliphatic carbocycles. The van der Waals surface area contributed by atoms with Gasteiger partial charge >= 0.3 is 10.2 Å². The molecule has 5 fully saturated rings. The maximum absolute atomic E-state index is 14.9. The summed E-state index contributed by atoms with van der Waals surface area (Å²) in [5, 5.41) is 1.10. The Morgan fingerprint density at radius 3 is 2.46 bits per heavy atom. The van der Waals surface area contributed by atoms with E-state index in [2.05, 4.69) is 38.3 Å². The van der Waals surface area contributed by atoms with Crippen molar-refractivity contribution in [2.45, 2.75) is 94.8 Å². The molecule has 3 saturated heterocycles. The zero-order chi connectivity index (χ0) is 32.9. The normalized spacial score (nSPS) is 28.6. The molecule has 4 atom stereocenters. The maximum atomic E-state index is 14.9. The van der Waals surface area contributed by atoms with Crippen LogP contribution < -0.4 is 9.46 Å². The summed E-state index contributed by atoms with van der Waals surface area (Å²) >= 11 is 0. The molecule has 2 bridgehead atoms. The minimum atomic E-state index is -3.92. The van der Waals surface area contributed by atoms with Crippen molar-refractivity contribution in [3.63, 3.8) is 0 Å². The van der Waals surface area contributed by atoms with Crippen molar-refractivity contribution >= 4 is 32.9 Å². The van der Waals surface area contributed by atoms with E-state index in [1.807, 2.05) is 18.2 Å². The number of carbonyl (C=O) groups excluding carboxylic acids is 2. The molecule has 4 unspecified atom stereocenters. The number of aromatic nitrogens is 1. The summed E-state index contributed by atoms with van der Waals surface area (Å²) in [5.41, 5.74) is 5.40. The van der Waals surface area contributed by atoms with Gasteiger partial charge in [-0.2, -0.15) is 12.7 Å². The molecule has 3 aromatic rings. The lowest BCUT2D eigenvalue weighted by atomic mass is 9.81. The highest BCUT2D eigenvalue weighted by molar-refractivity contribution is 7.87. The Morgan fingerprint density at radius 1 is 0.958 bits per heavy atom. The van der Waals surface area contributed by atoms with Gasteiger partial charge in [-0.25, -0.2) is 4.72 Å². The van der Waals surface area contributed by atoms with Gasteiger partial charge in [-0.15, -0.1) is 0 Å². The molecule has 5 heterocycles. The third kappa shape index (κ3) is 4.53. The van der Waals surface area contributed by atoms with Crippen molar-refractivity contribution in [2.24, 2.45) is 5.41 Å². The molecular formula is C37H45N5O5S. The molecule has 254 valence electrons. The molecule has 10 nitrogen and oxygen atoms in total. The second kappa shape index (κ2) is 11.1. The number of hydrogen-bond donors (Lipinski definition) is 1. The average Bonchev–Trinajstić information content (AvgIpc) is 3.50. The molecular weight excluding hydrogens is 627 g/mol. The summed E-state index contributed by atoms with van der Waals surface area (Å²) in [5.74, 6) is 0.866. The van der Waals surface area contributed by atoms with E-state index in [9.17, 15) is 18.0 Å². The van der Waals surface area contributed by atoms with E-state index in [1.54, 1.807) is 13.2 Å². The smallest absolute Gasteiger partial charge is 0.304 e. The highest BCUT2D eigenvalue weighted by Crippen LogP contribution is 2.67. The quantitative estimate of drug-likeness (QED) is 0.387. The van der Waals surface area contributed by atoms with Crippen LogP contribution in [0.3, 0.4) is 0 Å². The zero-order valence-electron chi connectivity index (χ0n) is 27.9. The van der Waals surface area contributed by atoms with Crippen LogP contribution in [0.2, 0.25) is 0 Å². The number of carbonyl (C=O) groups is 2. The van der Waals surface area contributed by atoms with Crippen molar-refractivity contribution in [1.29, 1.82) is 0 Å². The molecule has 1 N–H and O–H groups in total. The van der Waals surface area contributed by atoms with Crippen molar-refractivity contribution in [1.82, 2.24) is 23.4 Å². The second-order valence-electron chi connectivity index (χ2n) is 15.2. The van der Waals surface area contributed by atoms with E-state index >= 15 is 0 Å². The minimum Gasteiger partial charge on any atom is -0.497 e. The fourth-order valence-electron chi connectivity index (χ4n) is 10.1. The van der Waals surface area contributed by atoms with Crippen LogP contribution >= 0.6 is 0 Å². The van der Waals surface area contributed by atoms with Gasteiger partial charge in [0.25, 0.3) is 5.91 Å². The summed E-state index contributed by atoms with van der Waals surface area (Å²) in [7, 11) is -0.0974. The molecule has 11 heteroatoms. The van der Waals surface area contributed by atoms with Gasteiger partial charge in [-0.1, -0.05) is 25.3 Å². The van der Waals surface area contributed by atoms with Crippen LogP contribution in [-0.2, 0) is 21.5 Å². The number of piperidine rings is 1. The molecule has 2 amide bonds. The van der Waals surface area contributed by atoms with E-state index in [-0.39, 0.29) is 24.0 Å². The zero-order valence-corrected chi connectivity index (χ0v) is 28.7. The van der Waals surface area contributed by atoms with Crippen LogP contribution in [0, 0.1) is 5.41 Å². The monoisotopic (exact) mass is 671 g/mol. The maximum Gasteiger partial charge on any atom is 0.304 e. The number of likely N-dealkylation sites (tertiary alicyclic amines) is 1. The Labute approximate surface area is 282 Å².